The van der Waals surface area contributed by atoms with Crippen LogP contribution in [0, 0.1) is 0 Å². The minimum Gasteiger partial charge on any atom is -0.350 e. The van der Waals surface area contributed by atoms with E-state index in [0.29, 0.717) is 12.5 Å². The van der Waals surface area contributed by atoms with Crippen molar-refractivity contribution in [1.29, 1.82) is 0 Å². The molecule has 1 rings (SSSR count). The van der Waals surface area contributed by atoms with E-state index in [0.717, 1.165) is 17.0 Å². The molecule has 2 N–H and O–H groups in total. The predicted octanol–water partition coefficient (Wildman–Crippen LogP) is 1.82. The molecule has 1 aromatic rings. The summed E-state index contributed by atoms with van der Waals surface area (Å²) >= 11 is 1.51. The molecule has 0 unspecified atom stereocenters. The van der Waals surface area contributed by atoms with E-state index < -0.39 is 0 Å². The maximum absolute atomic E-state index is 11.8. The molecule has 0 atom stereocenters. The summed E-state index contributed by atoms with van der Waals surface area (Å²) < 4.78 is 0. The Hall–Kier alpha value is -0.870. The van der Waals surface area contributed by atoms with Crippen molar-refractivity contribution >= 4 is 17.2 Å². The summed E-state index contributed by atoms with van der Waals surface area (Å²) in [6.45, 7) is 5.68. The first kappa shape index (κ1) is 12.2. The highest BCUT2D eigenvalue weighted by Gasteiger charge is 2.14. The van der Waals surface area contributed by atoms with Crippen molar-refractivity contribution in [3.63, 3.8) is 0 Å². The van der Waals surface area contributed by atoms with Crippen LogP contribution in [0.15, 0.2) is 11.4 Å². The van der Waals surface area contributed by atoms with Gasteiger partial charge in [0.15, 0.2) is 0 Å². The summed E-state index contributed by atoms with van der Waals surface area (Å²) in [5, 5.41) is 7.86. The van der Waals surface area contributed by atoms with Crippen molar-refractivity contribution < 1.29 is 4.79 Å². The summed E-state index contributed by atoms with van der Waals surface area (Å²) in [5.41, 5.74) is 1.14. The summed E-state index contributed by atoms with van der Waals surface area (Å²) in [6.07, 6.45) is 0. The Labute approximate surface area is 94.9 Å². The zero-order valence-corrected chi connectivity index (χ0v) is 10.3. The van der Waals surface area contributed by atoms with Gasteiger partial charge in [-0.1, -0.05) is 13.8 Å². The lowest BCUT2D eigenvalue weighted by Crippen LogP contribution is -2.30. The molecule has 4 heteroatoms. The lowest BCUT2D eigenvalue weighted by atomic mass is 10.0. The highest BCUT2D eigenvalue weighted by atomic mass is 32.1. The zero-order chi connectivity index (χ0) is 11.3. The Morgan fingerprint density at radius 3 is 2.80 bits per heavy atom. The van der Waals surface area contributed by atoms with Gasteiger partial charge in [-0.3, -0.25) is 4.79 Å². The van der Waals surface area contributed by atoms with Crippen LogP contribution in [0.3, 0.4) is 0 Å². The van der Waals surface area contributed by atoms with Gasteiger partial charge in [-0.15, -0.1) is 11.3 Å². The number of thiophene rings is 1. The summed E-state index contributed by atoms with van der Waals surface area (Å²) in [4.78, 5) is 12.6. The van der Waals surface area contributed by atoms with Gasteiger partial charge in [0, 0.05) is 13.1 Å². The maximum Gasteiger partial charge on any atom is 0.261 e. The van der Waals surface area contributed by atoms with E-state index in [4.69, 9.17) is 0 Å². The predicted molar refractivity (Wildman–Crippen MR) is 64.7 cm³/mol. The van der Waals surface area contributed by atoms with Crippen LogP contribution in [0.1, 0.15) is 35.0 Å². The average molecular weight is 226 g/mol. The number of hydrogen-bond donors (Lipinski definition) is 2. The summed E-state index contributed by atoms with van der Waals surface area (Å²) in [6, 6.07) is 2.03. The molecule has 0 aliphatic heterocycles. The van der Waals surface area contributed by atoms with Crippen molar-refractivity contribution in [3.8, 4) is 0 Å². The van der Waals surface area contributed by atoms with Crippen LogP contribution in [0.5, 0.6) is 0 Å². The number of carbonyl (C=O) groups excluding carboxylic acids is 1. The van der Waals surface area contributed by atoms with E-state index >= 15 is 0 Å². The van der Waals surface area contributed by atoms with Gasteiger partial charge < -0.3 is 10.6 Å². The van der Waals surface area contributed by atoms with Crippen LogP contribution in [-0.2, 0) is 0 Å². The van der Waals surface area contributed by atoms with E-state index in [1.54, 1.807) is 0 Å². The molecular formula is C11H18N2OS. The largest absolute Gasteiger partial charge is 0.350 e. The lowest BCUT2D eigenvalue weighted by molar-refractivity contribution is 0.0957. The third kappa shape index (κ3) is 3.32. The van der Waals surface area contributed by atoms with Crippen molar-refractivity contribution in [2.24, 2.45) is 0 Å². The Balaban J connectivity index is 2.61. The van der Waals surface area contributed by atoms with E-state index in [9.17, 15) is 4.79 Å². The minimum absolute atomic E-state index is 0.0453. The van der Waals surface area contributed by atoms with Crippen molar-refractivity contribution in [3.05, 3.63) is 21.9 Å². The molecule has 0 radical (unpaired) electrons. The topological polar surface area (TPSA) is 41.1 Å². The number of nitrogens with one attached hydrogen (secondary N) is 2. The van der Waals surface area contributed by atoms with E-state index in [1.165, 1.54) is 11.3 Å². The van der Waals surface area contributed by atoms with Gasteiger partial charge in [-0.05, 0) is 30.0 Å². The fourth-order valence-corrected chi connectivity index (χ4v) is 2.31. The molecule has 0 saturated heterocycles. The van der Waals surface area contributed by atoms with E-state index in [2.05, 4.69) is 24.5 Å². The fourth-order valence-electron chi connectivity index (χ4n) is 1.34. The maximum atomic E-state index is 11.8. The van der Waals surface area contributed by atoms with Gasteiger partial charge in [0.05, 0.1) is 4.88 Å². The number of amides is 1. The van der Waals surface area contributed by atoms with Gasteiger partial charge in [0.25, 0.3) is 5.91 Å². The number of likely N-dealkylation sites (N-methyl/N-ethyl adjacent to an activating group) is 1. The quantitative estimate of drug-likeness (QED) is 0.752. The monoisotopic (exact) mass is 226 g/mol. The summed E-state index contributed by atoms with van der Waals surface area (Å²) in [7, 11) is 1.87. The second-order valence-electron chi connectivity index (χ2n) is 3.72. The molecule has 0 saturated carbocycles. The van der Waals surface area contributed by atoms with Crippen LogP contribution < -0.4 is 10.6 Å². The highest BCUT2D eigenvalue weighted by Crippen LogP contribution is 2.24. The van der Waals surface area contributed by atoms with Gasteiger partial charge in [-0.2, -0.15) is 0 Å². The highest BCUT2D eigenvalue weighted by molar-refractivity contribution is 7.12. The van der Waals surface area contributed by atoms with E-state index in [1.807, 2.05) is 18.5 Å². The standard InChI is InChI=1S/C11H18N2OS/c1-8(2)9-4-7-15-10(9)11(14)13-6-5-12-3/h4,7-8,12H,5-6H2,1-3H3,(H,13,14). The second kappa shape index (κ2) is 5.88. The van der Waals surface area contributed by atoms with Gasteiger partial charge in [0.2, 0.25) is 0 Å². The SMILES string of the molecule is CNCCNC(=O)c1sccc1C(C)C. The molecule has 1 amide bonds. The minimum atomic E-state index is 0.0453. The molecule has 0 aliphatic rings. The molecule has 0 aromatic carbocycles. The Bertz CT molecular complexity index is 320. The Morgan fingerprint density at radius 2 is 2.20 bits per heavy atom. The molecular weight excluding hydrogens is 208 g/mol. The van der Waals surface area contributed by atoms with Gasteiger partial charge >= 0.3 is 0 Å². The number of rotatable bonds is 5. The third-order valence-corrected chi connectivity index (χ3v) is 3.11. The fraction of sp³-hybridized carbons (Fsp3) is 0.545. The smallest absolute Gasteiger partial charge is 0.261 e. The van der Waals surface area contributed by atoms with Crippen LogP contribution in [0.25, 0.3) is 0 Å². The first-order chi connectivity index (χ1) is 7.16. The van der Waals surface area contributed by atoms with Crippen LogP contribution in [0.2, 0.25) is 0 Å². The molecule has 84 valence electrons. The van der Waals surface area contributed by atoms with Crippen LogP contribution in [0.4, 0.5) is 0 Å². The van der Waals surface area contributed by atoms with Crippen LogP contribution in [-0.4, -0.2) is 26.0 Å². The Morgan fingerprint density at radius 1 is 1.47 bits per heavy atom. The molecule has 1 aromatic heterocycles. The van der Waals surface area contributed by atoms with Crippen LogP contribution >= 0.6 is 11.3 Å². The van der Waals surface area contributed by atoms with Crippen molar-refractivity contribution in [1.82, 2.24) is 10.6 Å². The molecule has 1 heterocycles. The first-order valence-electron chi connectivity index (χ1n) is 5.17. The van der Waals surface area contributed by atoms with Crippen molar-refractivity contribution in [2.75, 3.05) is 20.1 Å². The van der Waals surface area contributed by atoms with E-state index in [-0.39, 0.29) is 5.91 Å². The second-order valence-corrected chi connectivity index (χ2v) is 4.64. The summed E-state index contributed by atoms with van der Waals surface area (Å²) in [5.74, 6) is 0.449. The molecule has 0 aliphatic carbocycles. The third-order valence-electron chi connectivity index (χ3n) is 2.18. The molecule has 3 nitrogen and oxygen atoms in total. The number of carbonyl (C=O) groups is 1. The van der Waals surface area contributed by atoms with Gasteiger partial charge in [0.1, 0.15) is 0 Å². The number of hydrogen-bond acceptors (Lipinski definition) is 3. The normalized spacial score (nSPS) is 10.7. The zero-order valence-electron chi connectivity index (χ0n) is 9.46. The molecule has 0 bridgehead atoms. The first-order valence-corrected chi connectivity index (χ1v) is 6.05. The molecule has 0 spiro atoms. The molecule has 0 fully saturated rings. The van der Waals surface area contributed by atoms with Crippen molar-refractivity contribution in [2.45, 2.75) is 19.8 Å². The Kier molecular flexibility index (Phi) is 4.78. The average Bonchev–Trinajstić information content (AvgIpc) is 2.66. The molecule has 15 heavy (non-hydrogen) atoms. The van der Waals surface area contributed by atoms with Gasteiger partial charge in [-0.25, -0.2) is 0 Å². The lowest BCUT2D eigenvalue weighted by Gasteiger charge is -2.07.